The number of amides is 1. The Morgan fingerprint density at radius 3 is 2.10 bits per heavy atom. The monoisotopic (exact) mass is 395 g/mol. The number of piperazine rings is 1. The Hall–Kier alpha value is -2.47. The van der Waals surface area contributed by atoms with Crippen LogP contribution in [0.4, 0.5) is 5.95 Å². The highest BCUT2D eigenvalue weighted by molar-refractivity contribution is 5.78. The van der Waals surface area contributed by atoms with E-state index in [9.17, 15) is 4.79 Å². The number of carbonyl (C=O) groups is 1. The molecule has 2 aromatic rings. The van der Waals surface area contributed by atoms with Gasteiger partial charge in [0.15, 0.2) is 0 Å². The minimum absolute atomic E-state index is 0.156. The fourth-order valence-electron chi connectivity index (χ4n) is 3.75. The Balaban J connectivity index is 1.53. The Bertz CT molecular complexity index is 768. The molecule has 2 heterocycles. The van der Waals surface area contributed by atoms with Crippen molar-refractivity contribution in [1.29, 1.82) is 0 Å². The first-order chi connectivity index (χ1) is 14.0. The molecule has 1 aromatic heterocycles. The van der Waals surface area contributed by atoms with Crippen molar-refractivity contribution in [3.8, 4) is 0 Å². The van der Waals surface area contributed by atoms with Crippen molar-refractivity contribution < 1.29 is 4.79 Å². The first-order valence-corrected chi connectivity index (χ1v) is 10.6. The smallest absolute Gasteiger partial charge is 0.236 e. The number of nitrogens with one attached hydrogen (secondary N) is 1. The van der Waals surface area contributed by atoms with Crippen LogP contribution < -0.4 is 10.2 Å². The third kappa shape index (κ3) is 5.54. The van der Waals surface area contributed by atoms with Crippen LogP contribution in [0.3, 0.4) is 0 Å². The van der Waals surface area contributed by atoms with Crippen molar-refractivity contribution in [3.05, 3.63) is 53.9 Å². The van der Waals surface area contributed by atoms with Gasteiger partial charge >= 0.3 is 0 Å². The van der Waals surface area contributed by atoms with E-state index >= 15 is 0 Å². The van der Waals surface area contributed by atoms with E-state index < -0.39 is 0 Å². The number of hydrogen-bond acceptors (Lipinski definition) is 5. The van der Waals surface area contributed by atoms with Crippen molar-refractivity contribution in [2.45, 2.75) is 39.7 Å². The lowest BCUT2D eigenvalue weighted by Gasteiger charge is -2.35. The molecule has 6 heteroatoms. The molecule has 0 bridgehead atoms. The molecule has 1 aromatic carbocycles. The molecule has 1 saturated heterocycles. The highest BCUT2D eigenvalue weighted by Crippen LogP contribution is 2.24. The largest absolute Gasteiger partial charge is 0.338 e. The van der Waals surface area contributed by atoms with Gasteiger partial charge in [0.2, 0.25) is 11.9 Å². The predicted molar refractivity (Wildman–Crippen MR) is 117 cm³/mol. The van der Waals surface area contributed by atoms with E-state index in [1.165, 1.54) is 11.1 Å². The number of carbonyl (C=O) groups excluding carboxylic acids is 1. The third-order valence-corrected chi connectivity index (χ3v) is 5.57. The summed E-state index contributed by atoms with van der Waals surface area (Å²) in [5, 5.41) is 3.49. The van der Waals surface area contributed by atoms with E-state index in [1.54, 1.807) is 12.4 Å². The molecule has 0 saturated carbocycles. The fraction of sp³-hybridized carbons (Fsp3) is 0.522. The summed E-state index contributed by atoms with van der Waals surface area (Å²) < 4.78 is 0. The number of aromatic nitrogens is 2. The lowest BCUT2D eigenvalue weighted by Crippen LogP contribution is -2.51. The SMILES string of the molecule is CC(C)c1ccc([C@H](NCC(=O)N2CCN(c3ncccn3)CC2)C(C)C)cc1. The second-order valence-electron chi connectivity index (χ2n) is 8.34. The van der Waals surface area contributed by atoms with Gasteiger partial charge in [0.25, 0.3) is 0 Å². The molecule has 1 amide bonds. The van der Waals surface area contributed by atoms with Crippen LogP contribution in [0, 0.1) is 5.92 Å². The molecule has 0 aliphatic carbocycles. The molecule has 1 atom stereocenters. The highest BCUT2D eigenvalue weighted by atomic mass is 16.2. The second kappa shape index (κ2) is 9.83. The van der Waals surface area contributed by atoms with E-state index in [-0.39, 0.29) is 11.9 Å². The van der Waals surface area contributed by atoms with Crippen molar-refractivity contribution in [2.24, 2.45) is 5.92 Å². The van der Waals surface area contributed by atoms with Crippen molar-refractivity contribution in [1.82, 2.24) is 20.2 Å². The van der Waals surface area contributed by atoms with Crippen LogP contribution in [0.15, 0.2) is 42.7 Å². The van der Waals surface area contributed by atoms with Crippen LogP contribution in [-0.2, 0) is 4.79 Å². The summed E-state index contributed by atoms with van der Waals surface area (Å²) in [6.07, 6.45) is 3.51. The molecule has 1 N–H and O–H groups in total. The van der Waals surface area contributed by atoms with Crippen LogP contribution in [-0.4, -0.2) is 53.5 Å². The summed E-state index contributed by atoms with van der Waals surface area (Å²) >= 11 is 0. The van der Waals surface area contributed by atoms with Crippen LogP contribution in [0.5, 0.6) is 0 Å². The van der Waals surface area contributed by atoms with E-state index in [0.29, 0.717) is 31.5 Å². The average molecular weight is 396 g/mol. The first-order valence-electron chi connectivity index (χ1n) is 10.6. The third-order valence-electron chi connectivity index (χ3n) is 5.57. The first kappa shape index (κ1) is 21.2. The standard InChI is InChI=1S/C23H33N5O/c1-17(2)19-6-8-20(9-7-19)22(18(3)4)26-16-21(29)27-12-14-28(15-13-27)23-24-10-5-11-25-23/h5-11,17-18,22,26H,12-16H2,1-4H3/t22-/m1/s1. The highest BCUT2D eigenvalue weighted by Gasteiger charge is 2.24. The van der Waals surface area contributed by atoms with Gasteiger partial charge in [-0.1, -0.05) is 52.0 Å². The summed E-state index contributed by atoms with van der Waals surface area (Å²) in [7, 11) is 0. The van der Waals surface area contributed by atoms with Crippen LogP contribution >= 0.6 is 0 Å². The van der Waals surface area contributed by atoms with E-state index in [1.807, 2.05) is 11.0 Å². The Labute approximate surface area is 174 Å². The minimum Gasteiger partial charge on any atom is -0.338 e. The summed E-state index contributed by atoms with van der Waals surface area (Å²) in [5.41, 5.74) is 2.58. The fourth-order valence-corrected chi connectivity index (χ4v) is 3.75. The molecular weight excluding hydrogens is 362 g/mol. The van der Waals surface area contributed by atoms with Gasteiger partial charge in [-0.3, -0.25) is 4.79 Å². The van der Waals surface area contributed by atoms with Crippen LogP contribution in [0.2, 0.25) is 0 Å². The molecular formula is C23H33N5O. The van der Waals surface area contributed by atoms with Gasteiger partial charge in [-0.2, -0.15) is 0 Å². The van der Waals surface area contributed by atoms with Gasteiger partial charge in [0.1, 0.15) is 0 Å². The Morgan fingerprint density at radius 2 is 1.55 bits per heavy atom. The zero-order valence-corrected chi connectivity index (χ0v) is 18.0. The normalized spacial score (nSPS) is 15.8. The second-order valence-corrected chi connectivity index (χ2v) is 8.34. The molecule has 6 nitrogen and oxygen atoms in total. The predicted octanol–water partition coefficient (Wildman–Crippen LogP) is 3.24. The Morgan fingerprint density at radius 1 is 0.966 bits per heavy atom. The molecule has 1 fully saturated rings. The average Bonchev–Trinajstić information content (AvgIpc) is 2.74. The maximum Gasteiger partial charge on any atom is 0.236 e. The van der Waals surface area contributed by atoms with Gasteiger partial charge < -0.3 is 15.1 Å². The van der Waals surface area contributed by atoms with Gasteiger partial charge in [-0.25, -0.2) is 9.97 Å². The number of benzene rings is 1. The maximum absolute atomic E-state index is 12.8. The maximum atomic E-state index is 12.8. The molecule has 0 spiro atoms. The summed E-state index contributed by atoms with van der Waals surface area (Å²) in [6, 6.07) is 10.8. The van der Waals surface area contributed by atoms with Gasteiger partial charge in [-0.15, -0.1) is 0 Å². The van der Waals surface area contributed by atoms with E-state index in [4.69, 9.17) is 0 Å². The summed E-state index contributed by atoms with van der Waals surface area (Å²) in [4.78, 5) is 25.4. The van der Waals surface area contributed by atoms with Crippen molar-refractivity contribution in [3.63, 3.8) is 0 Å². The molecule has 0 radical (unpaired) electrons. The molecule has 1 aliphatic rings. The van der Waals surface area contributed by atoms with Crippen molar-refractivity contribution >= 4 is 11.9 Å². The van der Waals surface area contributed by atoms with Gasteiger partial charge in [0.05, 0.1) is 6.54 Å². The lowest BCUT2D eigenvalue weighted by atomic mass is 9.93. The minimum atomic E-state index is 0.156. The zero-order valence-electron chi connectivity index (χ0n) is 18.0. The quantitative estimate of drug-likeness (QED) is 0.780. The number of hydrogen-bond donors (Lipinski definition) is 1. The van der Waals surface area contributed by atoms with Crippen molar-refractivity contribution in [2.75, 3.05) is 37.6 Å². The Kier molecular flexibility index (Phi) is 7.20. The molecule has 3 rings (SSSR count). The van der Waals surface area contributed by atoms with Gasteiger partial charge in [0, 0.05) is 44.6 Å². The van der Waals surface area contributed by atoms with E-state index in [2.05, 4.69) is 72.1 Å². The van der Waals surface area contributed by atoms with Crippen LogP contribution in [0.1, 0.15) is 50.8 Å². The number of anilines is 1. The van der Waals surface area contributed by atoms with E-state index in [0.717, 1.165) is 19.0 Å². The lowest BCUT2D eigenvalue weighted by molar-refractivity contribution is -0.130. The number of nitrogens with zero attached hydrogens (tertiary/aromatic N) is 4. The summed E-state index contributed by atoms with van der Waals surface area (Å²) in [6.45, 7) is 12.1. The van der Waals surface area contributed by atoms with Crippen LogP contribution in [0.25, 0.3) is 0 Å². The number of rotatable bonds is 7. The summed E-state index contributed by atoms with van der Waals surface area (Å²) in [5.74, 6) is 1.82. The van der Waals surface area contributed by atoms with Gasteiger partial charge in [-0.05, 0) is 29.0 Å². The zero-order chi connectivity index (χ0) is 20.8. The molecule has 29 heavy (non-hydrogen) atoms. The molecule has 0 unspecified atom stereocenters. The molecule has 1 aliphatic heterocycles. The topological polar surface area (TPSA) is 61.4 Å². The molecule has 156 valence electrons.